The molecule has 1 fully saturated rings. The highest BCUT2D eigenvalue weighted by atomic mass is 16.6. The number of nitrogens with zero attached hydrogens (tertiary/aromatic N) is 2. The molecule has 1 aliphatic heterocycles. The summed E-state index contributed by atoms with van der Waals surface area (Å²) in [5.41, 5.74) is 0.489. The van der Waals surface area contributed by atoms with Gasteiger partial charge in [-0.05, 0) is 40.0 Å². The lowest BCUT2D eigenvalue weighted by molar-refractivity contribution is 0.0522. The Balaban J connectivity index is 1.78. The topological polar surface area (TPSA) is 65.4 Å². The van der Waals surface area contributed by atoms with Crippen LogP contribution in [0.15, 0.2) is 12.5 Å². The van der Waals surface area contributed by atoms with Crippen LogP contribution in [0.5, 0.6) is 0 Å². The Hall–Kier alpha value is -1.56. The van der Waals surface area contributed by atoms with E-state index in [2.05, 4.69) is 14.9 Å². The van der Waals surface area contributed by atoms with Crippen LogP contribution in [0.1, 0.15) is 45.7 Å². The maximum Gasteiger partial charge on any atom is 0.407 e. The molecular formula is C15H25N3O3. The Morgan fingerprint density at radius 3 is 3.05 bits per heavy atom. The SMILES string of the molecule is CC(C)(C)OC(=O)NCc1cncn1CCC1CCCO1. The largest absolute Gasteiger partial charge is 0.444 e. The minimum Gasteiger partial charge on any atom is -0.444 e. The lowest BCUT2D eigenvalue weighted by Gasteiger charge is -2.20. The van der Waals surface area contributed by atoms with Gasteiger partial charge in [0.1, 0.15) is 5.60 Å². The van der Waals surface area contributed by atoms with E-state index in [0.29, 0.717) is 12.6 Å². The zero-order valence-corrected chi connectivity index (χ0v) is 13.1. The van der Waals surface area contributed by atoms with Gasteiger partial charge in [-0.15, -0.1) is 0 Å². The number of nitrogens with one attached hydrogen (secondary N) is 1. The maximum atomic E-state index is 11.6. The van der Waals surface area contributed by atoms with Gasteiger partial charge in [0.2, 0.25) is 0 Å². The normalized spacial score (nSPS) is 18.7. The van der Waals surface area contributed by atoms with Gasteiger partial charge in [-0.3, -0.25) is 0 Å². The number of carbonyl (C=O) groups is 1. The van der Waals surface area contributed by atoms with Gasteiger partial charge in [-0.25, -0.2) is 9.78 Å². The molecule has 2 heterocycles. The van der Waals surface area contributed by atoms with Crippen molar-refractivity contribution < 1.29 is 14.3 Å². The van der Waals surface area contributed by atoms with Gasteiger partial charge in [-0.1, -0.05) is 0 Å². The number of carbonyl (C=O) groups excluding carboxylic acids is 1. The van der Waals surface area contributed by atoms with Crippen LogP contribution in [0.3, 0.4) is 0 Å². The monoisotopic (exact) mass is 295 g/mol. The van der Waals surface area contributed by atoms with Crippen LogP contribution in [0.2, 0.25) is 0 Å². The summed E-state index contributed by atoms with van der Waals surface area (Å²) >= 11 is 0. The molecule has 0 saturated carbocycles. The third-order valence-corrected chi connectivity index (χ3v) is 3.33. The van der Waals surface area contributed by atoms with Crippen molar-refractivity contribution in [2.24, 2.45) is 0 Å². The van der Waals surface area contributed by atoms with Gasteiger partial charge in [0.05, 0.1) is 24.7 Å². The molecule has 1 aliphatic rings. The Labute approximate surface area is 125 Å². The highest BCUT2D eigenvalue weighted by Gasteiger charge is 2.17. The zero-order chi connectivity index (χ0) is 15.3. The van der Waals surface area contributed by atoms with E-state index in [1.807, 2.05) is 20.8 Å². The molecule has 118 valence electrons. The second kappa shape index (κ2) is 6.93. The number of aryl methyl sites for hydroxylation is 1. The van der Waals surface area contributed by atoms with Crippen LogP contribution in [0.4, 0.5) is 4.79 Å². The molecule has 6 heteroatoms. The molecule has 0 radical (unpaired) electrons. The van der Waals surface area contributed by atoms with Gasteiger partial charge in [0.15, 0.2) is 0 Å². The molecule has 21 heavy (non-hydrogen) atoms. The quantitative estimate of drug-likeness (QED) is 0.906. The fraction of sp³-hybridized carbons (Fsp3) is 0.733. The van der Waals surface area contributed by atoms with E-state index in [1.54, 1.807) is 12.5 Å². The van der Waals surface area contributed by atoms with Crippen LogP contribution in [0, 0.1) is 0 Å². The number of rotatable bonds is 5. The van der Waals surface area contributed by atoms with Gasteiger partial charge in [-0.2, -0.15) is 0 Å². The van der Waals surface area contributed by atoms with Gasteiger partial charge < -0.3 is 19.4 Å². The average Bonchev–Trinajstić information content (AvgIpc) is 3.03. The summed E-state index contributed by atoms with van der Waals surface area (Å²) in [6, 6.07) is 0. The van der Waals surface area contributed by atoms with Gasteiger partial charge >= 0.3 is 6.09 Å². The minimum absolute atomic E-state index is 0.360. The Bertz CT molecular complexity index is 459. The lowest BCUT2D eigenvalue weighted by atomic mass is 10.2. The Morgan fingerprint density at radius 2 is 2.38 bits per heavy atom. The first-order chi connectivity index (χ1) is 9.94. The first kappa shape index (κ1) is 15.8. The molecule has 0 aromatic carbocycles. The van der Waals surface area contributed by atoms with Crippen LogP contribution in [-0.2, 0) is 22.6 Å². The number of hydrogen-bond acceptors (Lipinski definition) is 4. The third kappa shape index (κ3) is 5.38. The first-order valence-electron chi connectivity index (χ1n) is 7.51. The lowest BCUT2D eigenvalue weighted by Crippen LogP contribution is -2.32. The second-order valence-corrected chi connectivity index (χ2v) is 6.36. The Kier molecular flexibility index (Phi) is 5.22. The van der Waals surface area contributed by atoms with Crippen molar-refractivity contribution in [3.63, 3.8) is 0 Å². The van der Waals surface area contributed by atoms with Crippen molar-refractivity contribution in [3.8, 4) is 0 Å². The van der Waals surface area contributed by atoms with Gasteiger partial charge in [0.25, 0.3) is 0 Å². The van der Waals surface area contributed by atoms with E-state index < -0.39 is 11.7 Å². The predicted octanol–water partition coefficient (Wildman–Crippen LogP) is 2.48. The molecule has 1 amide bonds. The summed E-state index contributed by atoms with van der Waals surface area (Å²) in [6.07, 6.45) is 6.79. The van der Waals surface area contributed by atoms with Crippen molar-refractivity contribution >= 4 is 6.09 Å². The Morgan fingerprint density at radius 1 is 1.57 bits per heavy atom. The van der Waals surface area contributed by atoms with E-state index >= 15 is 0 Å². The van der Waals surface area contributed by atoms with Crippen molar-refractivity contribution in [2.75, 3.05) is 6.61 Å². The molecule has 1 atom stereocenters. The molecule has 1 N–H and O–H groups in total. The van der Waals surface area contributed by atoms with Crippen LogP contribution >= 0.6 is 0 Å². The molecule has 0 bridgehead atoms. The molecule has 1 aromatic rings. The number of aromatic nitrogens is 2. The van der Waals surface area contributed by atoms with Crippen LogP contribution in [-0.4, -0.2) is 34.0 Å². The fourth-order valence-corrected chi connectivity index (χ4v) is 2.33. The average molecular weight is 295 g/mol. The molecular weight excluding hydrogens is 270 g/mol. The summed E-state index contributed by atoms with van der Waals surface area (Å²) in [7, 11) is 0. The summed E-state index contributed by atoms with van der Waals surface area (Å²) < 4.78 is 12.9. The molecule has 0 aliphatic carbocycles. The summed E-state index contributed by atoms with van der Waals surface area (Å²) in [4.78, 5) is 15.8. The number of hydrogen-bond donors (Lipinski definition) is 1. The number of alkyl carbamates (subject to hydrolysis) is 1. The minimum atomic E-state index is -0.482. The molecule has 1 saturated heterocycles. The molecule has 1 aromatic heterocycles. The second-order valence-electron chi connectivity index (χ2n) is 6.36. The predicted molar refractivity (Wildman–Crippen MR) is 78.9 cm³/mol. The van der Waals surface area contributed by atoms with E-state index in [1.165, 1.54) is 0 Å². The number of imidazole rings is 1. The summed E-state index contributed by atoms with van der Waals surface area (Å²) in [6.45, 7) is 7.69. The molecule has 1 unspecified atom stereocenters. The maximum absolute atomic E-state index is 11.6. The molecule has 6 nitrogen and oxygen atoms in total. The summed E-state index contributed by atoms with van der Waals surface area (Å²) in [5.74, 6) is 0. The van der Waals surface area contributed by atoms with Crippen LogP contribution < -0.4 is 5.32 Å². The first-order valence-corrected chi connectivity index (χ1v) is 7.51. The van der Waals surface area contributed by atoms with Gasteiger partial charge in [0, 0.05) is 19.3 Å². The number of ether oxygens (including phenoxy) is 2. The van der Waals surface area contributed by atoms with Crippen molar-refractivity contribution in [2.45, 2.75) is 64.8 Å². The van der Waals surface area contributed by atoms with E-state index in [0.717, 1.165) is 38.1 Å². The smallest absolute Gasteiger partial charge is 0.407 e. The van der Waals surface area contributed by atoms with Crippen LogP contribution in [0.25, 0.3) is 0 Å². The standard InChI is InChI=1S/C15H25N3O3/c1-15(2,3)21-14(19)17-10-12-9-16-11-18(12)7-6-13-5-4-8-20-13/h9,11,13H,4-8,10H2,1-3H3,(H,17,19). The molecule has 0 spiro atoms. The highest BCUT2D eigenvalue weighted by molar-refractivity contribution is 5.67. The molecule has 2 rings (SSSR count). The third-order valence-electron chi connectivity index (χ3n) is 3.33. The summed E-state index contributed by atoms with van der Waals surface area (Å²) in [5, 5.41) is 2.76. The van der Waals surface area contributed by atoms with Crippen molar-refractivity contribution in [1.29, 1.82) is 0 Å². The van der Waals surface area contributed by atoms with E-state index in [-0.39, 0.29) is 0 Å². The number of amides is 1. The zero-order valence-electron chi connectivity index (χ0n) is 13.1. The fourth-order valence-electron chi connectivity index (χ4n) is 2.33. The van der Waals surface area contributed by atoms with E-state index in [9.17, 15) is 4.79 Å². The van der Waals surface area contributed by atoms with Crippen molar-refractivity contribution in [1.82, 2.24) is 14.9 Å². The van der Waals surface area contributed by atoms with Crippen molar-refractivity contribution in [3.05, 3.63) is 18.2 Å². The highest BCUT2D eigenvalue weighted by Crippen LogP contribution is 2.16. The van der Waals surface area contributed by atoms with E-state index in [4.69, 9.17) is 9.47 Å².